The molecule has 3 aromatic carbocycles. The van der Waals surface area contributed by atoms with Crippen LogP contribution in [0.15, 0.2) is 65.6 Å². The van der Waals surface area contributed by atoms with Crippen LogP contribution in [-0.4, -0.2) is 26.8 Å². The Bertz CT molecular complexity index is 1310. The van der Waals surface area contributed by atoms with E-state index < -0.39 is 45.8 Å². The Morgan fingerprint density at radius 2 is 1.45 bits per heavy atom. The number of anilines is 2. The van der Waals surface area contributed by atoms with E-state index in [1.165, 1.54) is 43.3 Å². The summed E-state index contributed by atoms with van der Waals surface area (Å²) in [5, 5.41) is 4.67. The summed E-state index contributed by atoms with van der Waals surface area (Å²) < 4.78 is 66.7. The molecule has 11 heteroatoms. The van der Waals surface area contributed by atoms with Crippen LogP contribution in [0.4, 0.5) is 24.5 Å². The van der Waals surface area contributed by atoms with Gasteiger partial charge in [0.1, 0.15) is 5.82 Å². The third-order valence-corrected chi connectivity index (χ3v) is 5.83. The summed E-state index contributed by atoms with van der Waals surface area (Å²) in [6.45, 7) is 1.01. The second-order valence-electron chi connectivity index (χ2n) is 6.95. The van der Waals surface area contributed by atoms with Crippen molar-refractivity contribution in [2.75, 3.05) is 16.6 Å². The van der Waals surface area contributed by atoms with E-state index in [0.717, 1.165) is 24.3 Å². The molecule has 0 saturated carbocycles. The minimum Gasteiger partial charge on any atom is -0.343 e. The van der Waals surface area contributed by atoms with E-state index in [2.05, 4.69) is 15.4 Å². The molecule has 33 heavy (non-hydrogen) atoms. The quantitative estimate of drug-likeness (QED) is 0.484. The molecule has 3 rings (SSSR count). The number of rotatable bonds is 7. The van der Waals surface area contributed by atoms with Crippen molar-refractivity contribution < 1.29 is 31.2 Å². The molecule has 0 heterocycles. The standard InChI is InChI=1S/C22H18F3N3O4S/c1-13-10-17(7-9-18(13)23)33(31,32)28-15-4-2-14(3-5-15)22(30)26-12-21(29)27-16-6-8-19(24)20(25)11-16/h2-11,28H,12H2,1H3,(H,26,30)(H,27,29). The molecular formula is C22H18F3N3O4S. The monoisotopic (exact) mass is 477 g/mol. The van der Waals surface area contributed by atoms with E-state index in [4.69, 9.17) is 0 Å². The Labute approximate surface area is 187 Å². The van der Waals surface area contributed by atoms with E-state index in [0.29, 0.717) is 0 Å². The van der Waals surface area contributed by atoms with Crippen LogP contribution in [-0.2, 0) is 14.8 Å². The SMILES string of the molecule is Cc1cc(S(=O)(=O)Nc2ccc(C(=O)NCC(=O)Nc3ccc(F)c(F)c3)cc2)ccc1F. The average molecular weight is 477 g/mol. The molecule has 0 fully saturated rings. The van der Waals surface area contributed by atoms with Crippen LogP contribution in [0.1, 0.15) is 15.9 Å². The first kappa shape index (κ1) is 23.8. The average Bonchev–Trinajstić information content (AvgIpc) is 2.76. The summed E-state index contributed by atoms with van der Waals surface area (Å²) in [6.07, 6.45) is 0. The van der Waals surface area contributed by atoms with Gasteiger partial charge in [0.2, 0.25) is 5.91 Å². The second-order valence-corrected chi connectivity index (χ2v) is 8.64. The van der Waals surface area contributed by atoms with Crippen LogP contribution in [0.25, 0.3) is 0 Å². The van der Waals surface area contributed by atoms with Crippen LogP contribution in [0, 0.1) is 24.4 Å². The van der Waals surface area contributed by atoms with Gasteiger partial charge in [0, 0.05) is 23.0 Å². The fraction of sp³-hybridized carbons (Fsp3) is 0.0909. The predicted molar refractivity (Wildman–Crippen MR) is 116 cm³/mol. The number of amides is 2. The molecule has 0 atom stereocenters. The number of carbonyl (C=O) groups excluding carboxylic acids is 2. The van der Waals surface area contributed by atoms with Crippen molar-refractivity contribution >= 4 is 33.2 Å². The molecule has 3 N–H and O–H groups in total. The highest BCUT2D eigenvalue weighted by molar-refractivity contribution is 7.92. The first-order valence-corrected chi connectivity index (χ1v) is 11.0. The first-order chi connectivity index (χ1) is 15.5. The lowest BCUT2D eigenvalue weighted by atomic mass is 10.2. The largest absolute Gasteiger partial charge is 0.343 e. The van der Waals surface area contributed by atoms with Gasteiger partial charge in [-0.2, -0.15) is 0 Å². The molecule has 0 saturated heterocycles. The lowest BCUT2D eigenvalue weighted by Gasteiger charge is -2.10. The topological polar surface area (TPSA) is 104 Å². The first-order valence-electron chi connectivity index (χ1n) is 9.47. The van der Waals surface area contributed by atoms with Crippen molar-refractivity contribution in [3.8, 4) is 0 Å². The highest BCUT2D eigenvalue weighted by atomic mass is 32.2. The van der Waals surface area contributed by atoms with Gasteiger partial charge in [-0.05, 0) is 67.1 Å². The highest BCUT2D eigenvalue weighted by Gasteiger charge is 2.16. The number of carbonyl (C=O) groups is 2. The zero-order valence-corrected chi connectivity index (χ0v) is 18.0. The number of hydrogen-bond donors (Lipinski definition) is 3. The van der Waals surface area contributed by atoms with E-state index in [-0.39, 0.29) is 27.4 Å². The van der Waals surface area contributed by atoms with E-state index >= 15 is 0 Å². The maximum absolute atomic E-state index is 13.4. The summed E-state index contributed by atoms with van der Waals surface area (Å²) >= 11 is 0. The zero-order chi connectivity index (χ0) is 24.2. The molecule has 172 valence electrons. The van der Waals surface area contributed by atoms with Gasteiger partial charge >= 0.3 is 0 Å². The fourth-order valence-electron chi connectivity index (χ4n) is 2.73. The third kappa shape index (κ3) is 6.10. The Balaban J connectivity index is 1.57. The predicted octanol–water partition coefficient (Wildman–Crippen LogP) is 3.58. The van der Waals surface area contributed by atoms with E-state index in [9.17, 15) is 31.2 Å². The van der Waals surface area contributed by atoms with Gasteiger partial charge in [-0.25, -0.2) is 21.6 Å². The third-order valence-electron chi connectivity index (χ3n) is 4.45. The molecule has 0 unspecified atom stereocenters. The van der Waals surface area contributed by atoms with Crippen LogP contribution >= 0.6 is 0 Å². The molecule has 0 aliphatic rings. The molecule has 7 nitrogen and oxygen atoms in total. The number of hydrogen-bond acceptors (Lipinski definition) is 4. The van der Waals surface area contributed by atoms with Crippen LogP contribution in [0.2, 0.25) is 0 Å². The molecule has 0 aliphatic heterocycles. The smallest absolute Gasteiger partial charge is 0.261 e. The molecular weight excluding hydrogens is 459 g/mol. The summed E-state index contributed by atoms with van der Waals surface area (Å²) in [5.41, 5.74) is 0.528. The van der Waals surface area contributed by atoms with Crippen molar-refractivity contribution in [1.29, 1.82) is 0 Å². The Kier molecular flexibility index (Phi) is 7.02. The number of nitrogens with one attached hydrogen (secondary N) is 3. The van der Waals surface area contributed by atoms with Gasteiger partial charge in [0.15, 0.2) is 11.6 Å². The van der Waals surface area contributed by atoms with Gasteiger partial charge < -0.3 is 10.6 Å². The number of halogens is 3. The lowest BCUT2D eigenvalue weighted by Crippen LogP contribution is -2.32. The highest BCUT2D eigenvalue weighted by Crippen LogP contribution is 2.19. The minimum atomic E-state index is -3.96. The Morgan fingerprint density at radius 1 is 0.818 bits per heavy atom. The summed E-state index contributed by atoms with van der Waals surface area (Å²) in [4.78, 5) is 24.0. The molecule has 0 radical (unpaired) electrons. The lowest BCUT2D eigenvalue weighted by molar-refractivity contribution is -0.115. The number of aryl methyl sites for hydroxylation is 1. The van der Waals surface area contributed by atoms with E-state index in [1.54, 1.807) is 0 Å². The zero-order valence-electron chi connectivity index (χ0n) is 17.2. The Hall–Kier alpha value is -3.86. The molecule has 2 amide bonds. The molecule has 0 spiro atoms. The molecule has 0 bridgehead atoms. The van der Waals surface area contributed by atoms with Crippen LogP contribution in [0.5, 0.6) is 0 Å². The van der Waals surface area contributed by atoms with Crippen molar-refractivity contribution in [3.63, 3.8) is 0 Å². The van der Waals surface area contributed by atoms with Crippen molar-refractivity contribution in [1.82, 2.24) is 5.32 Å². The van der Waals surface area contributed by atoms with Crippen molar-refractivity contribution in [2.24, 2.45) is 0 Å². The maximum atomic E-state index is 13.4. The van der Waals surface area contributed by atoms with Crippen LogP contribution in [0.3, 0.4) is 0 Å². The molecule has 0 aromatic heterocycles. The normalized spacial score (nSPS) is 11.0. The van der Waals surface area contributed by atoms with Gasteiger partial charge in [-0.15, -0.1) is 0 Å². The molecule has 0 aliphatic carbocycles. The van der Waals surface area contributed by atoms with Crippen molar-refractivity contribution in [3.05, 3.63) is 89.2 Å². The van der Waals surface area contributed by atoms with Gasteiger partial charge in [0.05, 0.1) is 11.4 Å². The second kappa shape index (κ2) is 9.74. The molecule has 3 aromatic rings. The van der Waals surface area contributed by atoms with Crippen molar-refractivity contribution in [2.45, 2.75) is 11.8 Å². The minimum absolute atomic E-state index is 0.0288. The van der Waals surface area contributed by atoms with Gasteiger partial charge in [0.25, 0.3) is 15.9 Å². The number of sulfonamides is 1. The fourth-order valence-corrected chi connectivity index (χ4v) is 3.87. The maximum Gasteiger partial charge on any atom is 0.261 e. The summed E-state index contributed by atoms with van der Waals surface area (Å²) in [6, 6.07) is 11.6. The Morgan fingerprint density at radius 3 is 2.09 bits per heavy atom. The summed E-state index contributed by atoms with van der Waals surface area (Å²) in [7, 11) is -3.96. The van der Waals surface area contributed by atoms with E-state index in [1.807, 2.05) is 0 Å². The van der Waals surface area contributed by atoms with Crippen LogP contribution < -0.4 is 15.4 Å². The van der Waals surface area contributed by atoms with Gasteiger partial charge in [-0.3, -0.25) is 14.3 Å². The van der Waals surface area contributed by atoms with Gasteiger partial charge in [-0.1, -0.05) is 0 Å². The number of benzene rings is 3. The summed E-state index contributed by atoms with van der Waals surface area (Å²) in [5.74, 6) is -3.97.